The molecule has 0 spiro atoms. The number of halogens is 2. The van der Waals surface area contributed by atoms with Crippen LogP contribution in [0, 0.1) is 11.6 Å². The molecule has 6 heteroatoms. The highest BCUT2D eigenvalue weighted by molar-refractivity contribution is 5.69. The van der Waals surface area contributed by atoms with Gasteiger partial charge in [-0.2, -0.15) is 0 Å². The normalized spacial score (nSPS) is 10.5. The Bertz CT molecular complexity index is 566. The van der Waals surface area contributed by atoms with E-state index in [4.69, 9.17) is 5.11 Å². The molecule has 0 unspecified atom stereocenters. The number of aromatic amines is 1. The molecule has 1 aromatic carbocycles. The van der Waals surface area contributed by atoms with Gasteiger partial charge in [0.2, 0.25) is 0 Å². The maximum absolute atomic E-state index is 13.4. The summed E-state index contributed by atoms with van der Waals surface area (Å²) < 4.78 is 26.1. The van der Waals surface area contributed by atoms with Gasteiger partial charge in [0.1, 0.15) is 23.9 Å². The molecule has 2 aromatic rings. The van der Waals surface area contributed by atoms with Crippen LogP contribution in [0.4, 0.5) is 8.78 Å². The molecule has 4 nitrogen and oxygen atoms in total. The first-order valence-electron chi connectivity index (χ1n) is 4.77. The third-order valence-electron chi connectivity index (χ3n) is 2.17. The van der Waals surface area contributed by atoms with Crippen molar-refractivity contribution < 1.29 is 18.7 Å². The van der Waals surface area contributed by atoms with Crippen molar-refractivity contribution in [1.29, 1.82) is 0 Å². The van der Waals surface area contributed by atoms with Crippen LogP contribution in [-0.2, 0) is 11.2 Å². The largest absolute Gasteiger partial charge is 0.481 e. The van der Waals surface area contributed by atoms with Crippen molar-refractivity contribution in [3.63, 3.8) is 0 Å². The first kappa shape index (κ1) is 11.3. The van der Waals surface area contributed by atoms with Crippen molar-refractivity contribution >= 4 is 5.97 Å². The van der Waals surface area contributed by atoms with Crippen LogP contribution >= 0.6 is 0 Å². The second kappa shape index (κ2) is 4.32. The summed E-state index contributed by atoms with van der Waals surface area (Å²) in [5.74, 6) is -2.21. The van der Waals surface area contributed by atoms with Crippen LogP contribution in [0.2, 0.25) is 0 Å². The smallest absolute Gasteiger partial charge is 0.311 e. The quantitative estimate of drug-likeness (QED) is 0.859. The van der Waals surface area contributed by atoms with Crippen LogP contribution in [0.25, 0.3) is 11.3 Å². The SMILES string of the molecule is O=C(O)Cc1ncc(-c2ccc(F)cc2F)[nH]1. The molecule has 0 saturated heterocycles. The first-order chi connectivity index (χ1) is 8.06. The van der Waals surface area contributed by atoms with E-state index in [9.17, 15) is 13.6 Å². The monoisotopic (exact) mass is 238 g/mol. The zero-order valence-electron chi connectivity index (χ0n) is 8.58. The van der Waals surface area contributed by atoms with Crippen molar-refractivity contribution in [2.45, 2.75) is 6.42 Å². The van der Waals surface area contributed by atoms with Gasteiger partial charge < -0.3 is 10.1 Å². The van der Waals surface area contributed by atoms with E-state index < -0.39 is 17.6 Å². The highest BCUT2D eigenvalue weighted by atomic mass is 19.1. The van der Waals surface area contributed by atoms with Crippen LogP contribution in [0.3, 0.4) is 0 Å². The summed E-state index contributed by atoms with van der Waals surface area (Å²) in [5, 5.41) is 8.55. The Labute approximate surface area is 94.9 Å². The third kappa shape index (κ3) is 2.47. The summed E-state index contributed by atoms with van der Waals surface area (Å²) in [6.45, 7) is 0. The maximum Gasteiger partial charge on any atom is 0.311 e. The standard InChI is InChI=1S/C11H8F2N2O2/c12-6-1-2-7(8(13)3-6)9-5-14-10(15-9)4-11(16)17/h1-3,5H,4H2,(H,14,15)(H,16,17). The van der Waals surface area contributed by atoms with Crippen LogP contribution in [0.1, 0.15) is 5.82 Å². The Morgan fingerprint density at radius 2 is 2.18 bits per heavy atom. The summed E-state index contributed by atoms with van der Waals surface area (Å²) in [7, 11) is 0. The molecule has 88 valence electrons. The van der Waals surface area contributed by atoms with Gasteiger partial charge in [0, 0.05) is 11.6 Å². The predicted molar refractivity (Wildman–Crippen MR) is 55.3 cm³/mol. The fourth-order valence-corrected chi connectivity index (χ4v) is 1.44. The fraction of sp³-hybridized carbons (Fsp3) is 0.0909. The number of rotatable bonds is 3. The highest BCUT2D eigenvalue weighted by Gasteiger charge is 2.10. The topological polar surface area (TPSA) is 66.0 Å². The number of H-pyrrole nitrogens is 1. The van der Waals surface area contributed by atoms with E-state index in [2.05, 4.69) is 9.97 Å². The number of hydrogen-bond acceptors (Lipinski definition) is 2. The van der Waals surface area contributed by atoms with Gasteiger partial charge in [-0.3, -0.25) is 4.79 Å². The summed E-state index contributed by atoms with van der Waals surface area (Å²) >= 11 is 0. The average molecular weight is 238 g/mol. The van der Waals surface area contributed by atoms with Gasteiger partial charge in [0.05, 0.1) is 11.9 Å². The maximum atomic E-state index is 13.4. The fourth-order valence-electron chi connectivity index (χ4n) is 1.44. The molecular formula is C11H8F2N2O2. The molecule has 17 heavy (non-hydrogen) atoms. The number of benzene rings is 1. The zero-order chi connectivity index (χ0) is 12.4. The number of nitrogens with one attached hydrogen (secondary N) is 1. The number of imidazole rings is 1. The minimum absolute atomic E-state index is 0.149. The highest BCUT2D eigenvalue weighted by Crippen LogP contribution is 2.21. The Kier molecular flexibility index (Phi) is 2.86. The van der Waals surface area contributed by atoms with Gasteiger partial charge in [-0.25, -0.2) is 13.8 Å². The van der Waals surface area contributed by atoms with Gasteiger partial charge in [-0.1, -0.05) is 0 Å². The number of carboxylic acid groups (broad SMARTS) is 1. The van der Waals surface area contributed by atoms with Crippen LogP contribution in [-0.4, -0.2) is 21.0 Å². The molecule has 0 aliphatic rings. The van der Waals surface area contributed by atoms with Crippen LogP contribution < -0.4 is 0 Å². The summed E-state index contributed by atoms with van der Waals surface area (Å²) in [6, 6.07) is 3.14. The summed E-state index contributed by atoms with van der Waals surface area (Å²) in [5.41, 5.74) is 0.467. The molecule has 0 saturated carbocycles. The molecular weight excluding hydrogens is 230 g/mol. The lowest BCUT2D eigenvalue weighted by Gasteiger charge is -1.99. The van der Waals surface area contributed by atoms with Crippen LogP contribution in [0.5, 0.6) is 0 Å². The summed E-state index contributed by atoms with van der Waals surface area (Å²) in [6.07, 6.45) is 1.04. The van der Waals surface area contributed by atoms with Gasteiger partial charge >= 0.3 is 5.97 Å². The van der Waals surface area contributed by atoms with Crippen LogP contribution in [0.15, 0.2) is 24.4 Å². The Morgan fingerprint density at radius 1 is 1.41 bits per heavy atom. The van der Waals surface area contributed by atoms with E-state index in [1.165, 1.54) is 12.3 Å². The van der Waals surface area contributed by atoms with Crippen molar-refractivity contribution in [3.8, 4) is 11.3 Å². The number of carbonyl (C=O) groups is 1. The van der Waals surface area contributed by atoms with Crippen molar-refractivity contribution in [3.05, 3.63) is 41.9 Å². The van der Waals surface area contributed by atoms with E-state index in [0.29, 0.717) is 5.69 Å². The Hall–Kier alpha value is -2.24. The van der Waals surface area contributed by atoms with E-state index in [1.54, 1.807) is 0 Å². The molecule has 1 heterocycles. The van der Waals surface area contributed by atoms with E-state index in [1.807, 2.05) is 0 Å². The average Bonchev–Trinajstić information content (AvgIpc) is 2.65. The number of aromatic nitrogens is 2. The third-order valence-corrected chi connectivity index (χ3v) is 2.17. The minimum Gasteiger partial charge on any atom is -0.481 e. The van der Waals surface area contributed by atoms with Crippen molar-refractivity contribution in [1.82, 2.24) is 9.97 Å². The second-order valence-electron chi connectivity index (χ2n) is 3.44. The molecule has 0 amide bonds. The van der Waals surface area contributed by atoms with E-state index in [-0.39, 0.29) is 17.8 Å². The van der Waals surface area contributed by atoms with Gasteiger partial charge in [-0.15, -0.1) is 0 Å². The predicted octanol–water partition coefficient (Wildman–Crippen LogP) is 1.98. The van der Waals surface area contributed by atoms with Gasteiger partial charge in [0.15, 0.2) is 0 Å². The molecule has 1 aromatic heterocycles. The number of nitrogens with zero attached hydrogens (tertiary/aromatic N) is 1. The molecule has 0 radical (unpaired) electrons. The van der Waals surface area contributed by atoms with Gasteiger partial charge in [-0.05, 0) is 12.1 Å². The number of carboxylic acids is 1. The lowest BCUT2D eigenvalue weighted by Crippen LogP contribution is -2.01. The Balaban J connectivity index is 2.33. The zero-order valence-corrected chi connectivity index (χ0v) is 8.58. The van der Waals surface area contributed by atoms with E-state index in [0.717, 1.165) is 12.1 Å². The number of aliphatic carboxylic acids is 1. The lowest BCUT2D eigenvalue weighted by molar-refractivity contribution is -0.136. The van der Waals surface area contributed by atoms with Crippen molar-refractivity contribution in [2.24, 2.45) is 0 Å². The molecule has 0 fully saturated rings. The molecule has 2 N–H and O–H groups in total. The molecule has 0 bridgehead atoms. The second-order valence-corrected chi connectivity index (χ2v) is 3.44. The minimum atomic E-state index is -1.04. The van der Waals surface area contributed by atoms with Crippen molar-refractivity contribution in [2.75, 3.05) is 0 Å². The molecule has 0 aliphatic heterocycles. The first-order valence-corrected chi connectivity index (χ1v) is 4.77. The molecule has 0 atom stereocenters. The molecule has 0 aliphatic carbocycles. The van der Waals surface area contributed by atoms with Gasteiger partial charge in [0.25, 0.3) is 0 Å². The molecule has 2 rings (SSSR count). The summed E-state index contributed by atoms with van der Waals surface area (Å²) in [4.78, 5) is 16.9. The van der Waals surface area contributed by atoms with E-state index >= 15 is 0 Å². The lowest BCUT2D eigenvalue weighted by atomic mass is 10.1. The number of hydrogen-bond donors (Lipinski definition) is 2. The Morgan fingerprint density at radius 3 is 2.82 bits per heavy atom.